The summed E-state index contributed by atoms with van der Waals surface area (Å²) in [6.07, 6.45) is 7.66. The molecule has 6 atom stereocenters. The summed E-state index contributed by atoms with van der Waals surface area (Å²) in [4.78, 5) is 22.8. The first-order chi connectivity index (χ1) is 11.6. The average molecular weight is 327 g/mol. The smallest absolute Gasteiger partial charge is 0.338 e. The van der Waals surface area contributed by atoms with Gasteiger partial charge in [0.2, 0.25) is 0 Å². The van der Waals surface area contributed by atoms with E-state index in [-0.39, 0.29) is 23.2 Å². The minimum Gasteiger partial charge on any atom is -0.458 e. The Labute approximate surface area is 140 Å². The van der Waals surface area contributed by atoms with Crippen molar-refractivity contribution < 1.29 is 14.5 Å². The van der Waals surface area contributed by atoms with Gasteiger partial charge in [0.25, 0.3) is 5.69 Å². The highest BCUT2D eigenvalue weighted by atomic mass is 16.6. The van der Waals surface area contributed by atoms with E-state index >= 15 is 0 Å². The zero-order chi connectivity index (χ0) is 16.5. The summed E-state index contributed by atoms with van der Waals surface area (Å²) < 4.78 is 5.98. The Kier molecular flexibility index (Phi) is 2.89. The van der Waals surface area contributed by atoms with E-state index < -0.39 is 4.92 Å². The van der Waals surface area contributed by atoms with Crippen molar-refractivity contribution in [1.82, 2.24) is 0 Å². The van der Waals surface area contributed by atoms with Crippen molar-refractivity contribution in [2.45, 2.75) is 44.6 Å². The number of nitrogens with zero attached hydrogens (tertiary/aromatic N) is 1. The predicted octanol–water partition coefficient (Wildman–Crippen LogP) is 3.97. The predicted molar refractivity (Wildman–Crippen MR) is 86.4 cm³/mol. The van der Waals surface area contributed by atoms with Crippen molar-refractivity contribution in [2.24, 2.45) is 29.1 Å². The van der Waals surface area contributed by atoms with E-state index in [0.29, 0.717) is 5.56 Å². The molecule has 0 heterocycles. The molecule has 4 aliphatic carbocycles. The van der Waals surface area contributed by atoms with E-state index in [4.69, 9.17) is 4.74 Å². The Morgan fingerprint density at radius 1 is 1.17 bits per heavy atom. The lowest BCUT2D eigenvalue weighted by Gasteiger charge is -2.44. The Balaban J connectivity index is 1.36. The lowest BCUT2D eigenvalue weighted by molar-refractivity contribution is -0.384. The van der Waals surface area contributed by atoms with Crippen molar-refractivity contribution in [3.63, 3.8) is 0 Å². The molecule has 5 nitrogen and oxygen atoms in total. The molecule has 1 aromatic carbocycles. The molecular weight excluding hydrogens is 306 g/mol. The van der Waals surface area contributed by atoms with Crippen molar-refractivity contribution in [2.75, 3.05) is 0 Å². The van der Waals surface area contributed by atoms with Crippen LogP contribution in [0.5, 0.6) is 0 Å². The minimum atomic E-state index is -0.454. The number of fused-ring (bicyclic) bond motifs is 4. The van der Waals surface area contributed by atoms with Crippen LogP contribution in [0.4, 0.5) is 5.69 Å². The molecule has 0 radical (unpaired) electrons. The van der Waals surface area contributed by atoms with E-state index in [0.717, 1.165) is 30.1 Å². The second kappa shape index (κ2) is 4.80. The average Bonchev–Trinajstić information content (AvgIpc) is 3.31. The molecule has 24 heavy (non-hydrogen) atoms. The van der Waals surface area contributed by atoms with Gasteiger partial charge in [-0.3, -0.25) is 10.1 Å². The van der Waals surface area contributed by atoms with Crippen LogP contribution in [0, 0.1) is 39.2 Å². The molecule has 0 aromatic heterocycles. The van der Waals surface area contributed by atoms with E-state index in [1.807, 2.05) is 0 Å². The zero-order valence-electron chi connectivity index (χ0n) is 13.5. The van der Waals surface area contributed by atoms with Crippen LogP contribution >= 0.6 is 0 Å². The van der Waals surface area contributed by atoms with Crippen LogP contribution < -0.4 is 0 Å². The van der Waals surface area contributed by atoms with Gasteiger partial charge in [-0.2, -0.15) is 0 Å². The first kappa shape index (κ1) is 14.4. The number of ether oxygens (including phenoxy) is 1. The molecule has 4 bridgehead atoms. The molecule has 0 amide bonds. The summed E-state index contributed by atoms with van der Waals surface area (Å²) in [6, 6.07) is 5.75. The van der Waals surface area contributed by atoms with Gasteiger partial charge >= 0.3 is 5.97 Å². The number of non-ortho nitro benzene ring substituents is 1. The number of rotatable bonds is 3. The summed E-state index contributed by atoms with van der Waals surface area (Å²) in [5.74, 6) is 2.78. The normalized spacial score (nSPS) is 41.4. The molecule has 126 valence electrons. The second-order valence-corrected chi connectivity index (χ2v) is 8.23. The Hall–Kier alpha value is -1.91. The number of carbonyl (C=O) groups excluding carboxylic acids is 1. The van der Waals surface area contributed by atoms with Crippen molar-refractivity contribution in [1.29, 1.82) is 0 Å². The molecule has 5 rings (SSSR count). The molecule has 0 N–H and O–H groups in total. The molecular formula is C19H21NO4. The zero-order valence-corrected chi connectivity index (χ0v) is 13.5. The van der Waals surface area contributed by atoms with Gasteiger partial charge in [-0.25, -0.2) is 4.79 Å². The highest BCUT2D eigenvalue weighted by Crippen LogP contribution is 2.73. The number of esters is 1. The number of nitro groups is 1. The third-order valence-electron chi connectivity index (χ3n) is 7.43. The largest absolute Gasteiger partial charge is 0.458 e. The Morgan fingerprint density at radius 2 is 1.96 bits per heavy atom. The van der Waals surface area contributed by atoms with Crippen LogP contribution in [0.1, 0.15) is 48.9 Å². The maximum Gasteiger partial charge on any atom is 0.338 e. The molecule has 4 aliphatic rings. The van der Waals surface area contributed by atoms with Crippen molar-refractivity contribution in [3.05, 3.63) is 39.9 Å². The lowest BCUT2D eigenvalue weighted by atomic mass is 9.64. The summed E-state index contributed by atoms with van der Waals surface area (Å²) >= 11 is 0. The van der Waals surface area contributed by atoms with Crippen LogP contribution in [0.3, 0.4) is 0 Å². The third-order valence-corrected chi connectivity index (χ3v) is 7.43. The highest BCUT2D eigenvalue weighted by Gasteiger charge is 2.69. The fourth-order valence-electron chi connectivity index (χ4n) is 6.69. The topological polar surface area (TPSA) is 69.4 Å². The van der Waals surface area contributed by atoms with Crippen LogP contribution in [0.25, 0.3) is 0 Å². The van der Waals surface area contributed by atoms with Gasteiger partial charge < -0.3 is 4.74 Å². The maximum atomic E-state index is 12.6. The van der Waals surface area contributed by atoms with Crippen LogP contribution in [-0.2, 0) is 4.74 Å². The lowest BCUT2D eigenvalue weighted by Crippen LogP contribution is -2.44. The summed E-state index contributed by atoms with van der Waals surface area (Å²) in [5, 5.41) is 10.7. The molecule has 1 spiro atoms. The SMILES string of the molecule is O=C(O[C@@H]1C[C@H]2C[C@@H]3[C@H]4CC[C@@H](C4)[C@]31C2)c1ccc([N+](=O)[O-])cc1. The van der Waals surface area contributed by atoms with Gasteiger partial charge in [0.15, 0.2) is 0 Å². The molecule has 0 saturated heterocycles. The number of benzene rings is 1. The third kappa shape index (κ3) is 1.78. The molecule has 0 unspecified atom stereocenters. The number of carbonyl (C=O) groups is 1. The van der Waals surface area contributed by atoms with E-state index in [2.05, 4.69) is 0 Å². The summed E-state index contributed by atoms with van der Waals surface area (Å²) in [5.41, 5.74) is 0.669. The number of hydrogen-bond acceptors (Lipinski definition) is 4. The summed E-state index contributed by atoms with van der Waals surface area (Å²) in [6.45, 7) is 0. The van der Waals surface area contributed by atoms with Crippen LogP contribution in [0.2, 0.25) is 0 Å². The van der Waals surface area contributed by atoms with Gasteiger partial charge in [-0.1, -0.05) is 0 Å². The van der Waals surface area contributed by atoms with Crippen LogP contribution in [0.15, 0.2) is 24.3 Å². The minimum absolute atomic E-state index is 0.00164. The molecule has 4 saturated carbocycles. The fourth-order valence-corrected chi connectivity index (χ4v) is 6.69. The number of hydrogen-bond donors (Lipinski definition) is 0. The van der Waals surface area contributed by atoms with E-state index in [1.54, 1.807) is 0 Å². The van der Waals surface area contributed by atoms with Crippen LogP contribution in [-0.4, -0.2) is 17.0 Å². The van der Waals surface area contributed by atoms with Crippen molar-refractivity contribution >= 4 is 11.7 Å². The van der Waals surface area contributed by atoms with Crippen molar-refractivity contribution in [3.8, 4) is 0 Å². The van der Waals surface area contributed by atoms with Gasteiger partial charge in [0.05, 0.1) is 10.5 Å². The van der Waals surface area contributed by atoms with Gasteiger partial charge in [-0.05, 0) is 74.3 Å². The highest BCUT2D eigenvalue weighted by molar-refractivity contribution is 5.89. The first-order valence-corrected chi connectivity index (χ1v) is 9.03. The molecule has 1 aromatic rings. The first-order valence-electron chi connectivity index (χ1n) is 9.03. The molecule has 4 fully saturated rings. The van der Waals surface area contributed by atoms with Gasteiger partial charge in [0, 0.05) is 17.5 Å². The standard InChI is InChI=1S/C19H21NO4/c21-18(12-2-5-15(6-3-12)20(22)23)24-17-8-11-7-16-13-1-4-14(9-13)19(16,17)10-11/h2-3,5-6,11,13-14,16-17H,1,4,7-10H2/t11-,13+,14+,16-,17-,19-/m1/s1. The summed E-state index contributed by atoms with van der Waals surface area (Å²) in [7, 11) is 0. The van der Waals surface area contributed by atoms with E-state index in [9.17, 15) is 14.9 Å². The maximum absolute atomic E-state index is 12.6. The fraction of sp³-hybridized carbons (Fsp3) is 0.632. The molecule has 0 aliphatic heterocycles. The number of nitro benzene ring substituents is 1. The van der Waals surface area contributed by atoms with Gasteiger partial charge in [-0.15, -0.1) is 0 Å². The second-order valence-electron chi connectivity index (χ2n) is 8.23. The Morgan fingerprint density at radius 3 is 2.71 bits per heavy atom. The van der Waals surface area contributed by atoms with E-state index in [1.165, 1.54) is 56.4 Å². The quantitative estimate of drug-likeness (QED) is 0.478. The molecule has 5 heteroatoms. The Bertz CT molecular complexity index is 715. The monoisotopic (exact) mass is 327 g/mol. The van der Waals surface area contributed by atoms with Gasteiger partial charge in [0.1, 0.15) is 6.10 Å².